The molecular weight excluding hydrogens is 212 g/mol. The summed E-state index contributed by atoms with van der Waals surface area (Å²) in [5.74, 6) is 2.83. The van der Waals surface area contributed by atoms with Crippen LogP contribution in [0.1, 0.15) is 5.56 Å². The van der Waals surface area contributed by atoms with E-state index in [1.807, 2.05) is 30.3 Å². The molecule has 2 heteroatoms. The van der Waals surface area contributed by atoms with Crippen molar-refractivity contribution < 1.29 is 9.47 Å². The first-order chi connectivity index (χ1) is 8.43. The van der Waals surface area contributed by atoms with Crippen LogP contribution in [0.4, 0.5) is 0 Å². The third-order valence-corrected chi connectivity index (χ3v) is 3.12. The second-order valence-electron chi connectivity index (χ2n) is 4.17. The molecule has 2 aliphatic heterocycles. The number of fused-ring (bicyclic) bond motifs is 5. The predicted octanol–water partition coefficient (Wildman–Crippen LogP) is 3.86. The van der Waals surface area contributed by atoms with Crippen molar-refractivity contribution in [1.29, 1.82) is 0 Å². The normalized spacial score (nSPS) is 16.2. The van der Waals surface area contributed by atoms with Crippen molar-refractivity contribution >= 4 is 6.08 Å². The predicted molar refractivity (Wildman–Crippen MR) is 66.5 cm³/mol. The van der Waals surface area contributed by atoms with Crippen molar-refractivity contribution in [3.05, 3.63) is 48.0 Å². The van der Waals surface area contributed by atoms with E-state index in [9.17, 15) is 0 Å². The summed E-state index contributed by atoms with van der Waals surface area (Å²) in [5.41, 5.74) is 3.47. The Hall–Kier alpha value is -2.22. The summed E-state index contributed by atoms with van der Waals surface area (Å²) in [4.78, 5) is 0. The van der Waals surface area contributed by atoms with Gasteiger partial charge in [0.2, 0.25) is 0 Å². The molecule has 0 N–H and O–H groups in total. The zero-order chi connectivity index (χ0) is 11.2. The quantitative estimate of drug-likeness (QED) is 0.538. The maximum Gasteiger partial charge on any atom is 0.181 e. The minimum atomic E-state index is 0.597. The zero-order valence-electron chi connectivity index (χ0n) is 9.14. The highest BCUT2D eigenvalue weighted by atomic mass is 16.6. The van der Waals surface area contributed by atoms with Crippen LogP contribution in [0.3, 0.4) is 0 Å². The molecule has 0 radical (unpaired) electrons. The molecule has 0 fully saturated rings. The van der Waals surface area contributed by atoms with E-state index in [2.05, 4.69) is 18.2 Å². The SMILES string of the molecule is C1=C\c2ccccc2-c2c(ccc3c2O3)OC/1. The molecule has 0 amide bonds. The first kappa shape index (κ1) is 8.88. The Morgan fingerprint density at radius 3 is 2.82 bits per heavy atom. The van der Waals surface area contributed by atoms with Crippen molar-refractivity contribution in [1.82, 2.24) is 0 Å². The Morgan fingerprint density at radius 1 is 0.941 bits per heavy atom. The van der Waals surface area contributed by atoms with Gasteiger partial charge in [0.25, 0.3) is 0 Å². The minimum absolute atomic E-state index is 0.597. The first-order valence-electron chi connectivity index (χ1n) is 5.67. The van der Waals surface area contributed by atoms with E-state index >= 15 is 0 Å². The molecule has 0 aliphatic carbocycles. The summed E-state index contributed by atoms with van der Waals surface area (Å²) in [6.07, 6.45) is 4.13. The summed E-state index contributed by atoms with van der Waals surface area (Å²) < 4.78 is 11.2. The summed E-state index contributed by atoms with van der Waals surface area (Å²) in [6, 6.07) is 12.3. The lowest BCUT2D eigenvalue weighted by Crippen LogP contribution is -1.97. The average Bonchev–Trinajstić information content (AvgIpc) is 3.10. The van der Waals surface area contributed by atoms with E-state index in [-0.39, 0.29) is 0 Å². The van der Waals surface area contributed by atoms with Gasteiger partial charge in [-0.05, 0) is 29.3 Å². The molecule has 0 aromatic heterocycles. The second-order valence-corrected chi connectivity index (χ2v) is 4.17. The van der Waals surface area contributed by atoms with Crippen LogP contribution in [0.15, 0.2) is 42.5 Å². The Bertz CT molecular complexity index is 641. The molecule has 4 rings (SSSR count). The van der Waals surface area contributed by atoms with Crippen LogP contribution in [0.2, 0.25) is 0 Å². The molecule has 82 valence electrons. The highest BCUT2D eigenvalue weighted by molar-refractivity contribution is 5.89. The third kappa shape index (κ3) is 1.27. The fourth-order valence-electron chi connectivity index (χ4n) is 2.27. The van der Waals surface area contributed by atoms with Gasteiger partial charge in [-0.25, -0.2) is 0 Å². The molecule has 17 heavy (non-hydrogen) atoms. The fraction of sp³-hybridized carbons (Fsp3) is 0.0667. The van der Waals surface area contributed by atoms with Gasteiger partial charge in [0.05, 0.1) is 5.56 Å². The van der Waals surface area contributed by atoms with Crippen molar-refractivity contribution in [2.45, 2.75) is 0 Å². The molecule has 2 nitrogen and oxygen atoms in total. The number of rotatable bonds is 0. The van der Waals surface area contributed by atoms with E-state index in [1.54, 1.807) is 0 Å². The van der Waals surface area contributed by atoms with Crippen LogP contribution in [-0.4, -0.2) is 6.61 Å². The molecule has 0 unspecified atom stereocenters. The molecule has 0 saturated carbocycles. The molecule has 2 heterocycles. The smallest absolute Gasteiger partial charge is 0.181 e. The van der Waals surface area contributed by atoms with Gasteiger partial charge < -0.3 is 9.47 Å². The van der Waals surface area contributed by atoms with Gasteiger partial charge in [-0.1, -0.05) is 30.3 Å². The topological polar surface area (TPSA) is 21.8 Å². The van der Waals surface area contributed by atoms with E-state index in [0.29, 0.717) is 6.61 Å². The van der Waals surface area contributed by atoms with Gasteiger partial charge in [-0.2, -0.15) is 0 Å². The first-order valence-corrected chi connectivity index (χ1v) is 5.67. The molecule has 0 spiro atoms. The Labute approximate surface area is 99.1 Å². The molecule has 0 bridgehead atoms. The number of hydrogen-bond acceptors (Lipinski definition) is 2. The standard InChI is InChI=1S/C15H10O2/c1-2-6-11-10(4-1)5-3-9-16-12-7-8-13-15(17-13)14(11)12/h1-8H,9H2/b5-3-. The maximum absolute atomic E-state index is 5.73. The number of ether oxygens (including phenoxy) is 2. The molecule has 2 aromatic rings. The maximum atomic E-state index is 5.73. The third-order valence-electron chi connectivity index (χ3n) is 3.12. The lowest BCUT2D eigenvalue weighted by atomic mass is 9.98. The van der Waals surface area contributed by atoms with Gasteiger partial charge in [0, 0.05) is 0 Å². The second kappa shape index (κ2) is 3.14. The van der Waals surface area contributed by atoms with E-state index < -0.39 is 0 Å². The summed E-state index contributed by atoms with van der Waals surface area (Å²) >= 11 is 0. The van der Waals surface area contributed by atoms with Crippen LogP contribution in [-0.2, 0) is 0 Å². The monoisotopic (exact) mass is 222 g/mol. The molecule has 0 saturated heterocycles. The van der Waals surface area contributed by atoms with Crippen LogP contribution in [0, 0.1) is 0 Å². The van der Waals surface area contributed by atoms with Crippen molar-refractivity contribution in [3.63, 3.8) is 0 Å². The Kier molecular flexibility index (Phi) is 1.64. The summed E-state index contributed by atoms with van der Waals surface area (Å²) in [5, 5.41) is 0. The molecule has 0 atom stereocenters. The van der Waals surface area contributed by atoms with Crippen molar-refractivity contribution in [2.24, 2.45) is 0 Å². The highest BCUT2D eigenvalue weighted by Gasteiger charge is 2.29. The van der Waals surface area contributed by atoms with E-state index in [1.165, 1.54) is 11.1 Å². The van der Waals surface area contributed by atoms with Crippen LogP contribution < -0.4 is 9.47 Å². The summed E-state index contributed by atoms with van der Waals surface area (Å²) in [6.45, 7) is 0.597. The largest absolute Gasteiger partial charge is 0.489 e. The number of benzene rings is 2. The summed E-state index contributed by atoms with van der Waals surface area (Å²) in [7, 11) is 0. The van der Waals surface area contributed by atoms with Crippen molar-refractivity contribution in [3.8, 4) is 28.4 Å². The molecule has 2 aromatic carbocycles. The van der Waals surface area contributed by atoms with Crippen LogP contribution in [0.25, 0.3) is 17.2 Å². The van der Waals surface area contributed by atoms with Gasteiger partial charge in [0.1, 0.15) is 12.4 Å². The lowest BCUT2D eigenvalue weighted by molar-refractivity contribution is 0.365. The van der Waals surface area contributed by atoms with E-state index in [0.717, 1.165) is 22.8 Å². The van der Waals surface area contributed by atoms with Gasteiger partial charge in [0.15, 0.2) is 11.5 Å². The number of hydrogen-bond donors (Lipinski definition) is 0. The zero-order valence-corrected chi connectivity index (χ0v) is 9.14. The average molecular weight is 222 g/mol. The fourth-order valence-corrected chi connectivity index (χ4v) is 2.27. The van der Waals surface area contributed by atoms with Gasteiger partial charge in [-0.3, -0.25) is 0 Å². The highest BCUT2D eigenvalue weighted by Crippen LogP contribution is 2.56. The van der Waals surface area contributed by atoms with Crippen molar-refractivity contribution in [2.75, 3.05) is 6.61 Å². The Morgan fingerprint density at radius 2 is 1.82 bits per heavy atom. The van der Waals surface area contributed by atoms with E-state index in [4.69, 9.17) is 9.47 Å². The minimum Gasteiger partial charge on any atom is -0.489 e. The Balaban J connectivity index is 2.06. The van der Waals surface area contributed by atoms with Gasteiger partial charge in [-0.15, -0.1) is 0 Å². The lowest BCUT2D eigenvalue weighted by Gasteiger charge is -2.13. The molecular formula is C15H10O2. The molecule has 2 aliphatic rings. The van der Waals surface area contributed by atoms with Crippen LogP contribution in [0.5, 0.6) is 17.2 Å². The van der Waals surface area contributed by atoms with Gasteiger partial charge >= 0.3 is 0 Å². The van der Waals surface area contributed by atoms with Crippen LogP contribution >= 0.6 is 0 Å².